The smallest absolute Gasteiger partial charge is 0.330 e. The second-order valence-corrected chi connectivity index (χ2v) is 16.4. The first-order chi connectivity index (χ1) is 26.7. The van der Waals surface area contributed by atoms with Crippen molar-refractivity contribution in [3.8, 4) is 0 Å². The van der Waals surface area contributed by atoms with Gasteiger partial charge in [0.25, 0.3) is 0 Å². The third-order valence-corrected chi connectivity index (χ3v) is 12.7. The van der Waals surface area contributed by atoms with Gasteiger partial charge in [-0.2, -0.15) is 0 Å². The lowest BCUT2D eigenvalue weighted by Crippen LogP contribution is -2.63. The van der Waals surface area contributed by atoms with Crippen LogP contribution in [0.2, 0.25) is 0 Å². The van der Waals surface area contributed by atoms with Crippen molar-refractivity contribution in [3.05, 3.63) is 12.2 Å². The number of carbonyl (C=O) groups is 1. The van der Waals surface area contributed by atoms with E-state index in [2.05, 4.69) is 0 Å². The number of aliphatic hydroxyl groups is 13. The molecular weight excluding hydrogens is 748 g/mol. The van der Waals surface area contributed by atoms with Crippen LogP contribution in [0.15, 0.2) is 12.2 Å². The van der Waals surface area contributed by atoms with Crippen LogP contribution < -0.4 is 0 Å². The maximum absolute atomic E-state index is 12.8. The molecule has 6 rings (SSSR count). The molecule has 3 aliphatic carbocycles. The molecule has 0 aromatic heterocycles. The maximum atomic E-state index is 12.8. The van der Waals surface area contributed by atoms with Crippen molar-refractivity contribution >= 4 is 5.97 Å². The topological polar surface area (TPSA) is 308 Å². The first-order valence-corrected chi connectivity index (χ1v) is 19.8. The fourth-order valence-corrected chi connectivity index (χ4v) is 9.32. The summed E-state index contributed by atoms with van der Waals surface area (Å²) in [6.07, 6.45) is -15.3. The fourth-order valence-electron chi connectivity index (χ4n) is 9.32. The average Bonchev–Trinajstić information content (AvgIpc) is 3.18. The van der Waals surface area contributed by atoms with Crippen molar-refractivity contribution in [2.75, 3.05) is 20.3 Å². The number of aliphatic hydroxyl groups excluding tert-OH is 11. The highest BCUT2D eigenvalue weighted by Crippen LogP contribution is 2.42. The Morgan fingerprint density at radius 1 is 0.679 bits per heavy atom. The fraction of sp³-hybridized carbons (Fsp3) is 0.919. The van der Waals surface area contributed by atoms with Gasteiger partial charge in [0.2, 0.25) is 0 Å². The van der Waals surface area contributed by atoms with Crippen LogP contribution in [0.3, 0.4) is 0 Å². The Morgan fingerprint density at radius 2 is 1.30 bits per heavy atom. The van der Waals surface area contributed by atoms with Crippen LogP contribution in [0.25, 0.3) is 0 Å². The largest absolute Gasteiger partial charge is 0.460 e. The van der Waals surface area contributed by atoms with Gasteiger partial charge >= 0.3 is 5.97 Å². The molecule has 19 heteroatoms. The summed E-state index contributed by atoms with van der Waals surface area (Å²) in [4.78, 5) is 12.8. The summed E-state index contributed by atoms with van der Waals surface area (Å²) in [7, 11) is 1.52. The number of ether oxygens (including phenoxy) is 7. The molecule has 3 heterocycles. The molecule has 6 fully saturated rings. The Balaban J connectivity index is 1.05. The Labute approximate surface area is 324 Å². The molecule has 0 amide bonds. The lowest BCUT2D eigenvalue weighted by Gasteiger charge is -2.48. The summed E-state index contributed by atoms with van der Waals surface area (Å²) in [6.45, 7) is -1.16. The van der Waals surface area contributed by atoms with Gasteiger partial charge < -0.3 is 89.3 Å². The number of hydrogen-bond donors (Lipinski definition) is 11. The molecule has 0 bridgehead atoms. The summed E-state index contributed by atoms with van der Waals surface area (Å²) >= 11 is 0. The van der Waals surface area contributed by atoms with E-state index >= 15 is 0 Å². The van der Waals surface area contributed by atoms with Crippen LogP contribution in [0.4, 0.5) is 0 Å². The Morgan fingerprint density at radius 3 is 1.98 bits per heavy atom. The molecule has 3 saturated carbocycles. The monoisotopic (exact) mass is 809 g/mol. The molecule has 6 aliphatic rings. The van der Waals surface area contributed by atoms with Gasteiger partial charge in [0, 0.05) is 31.9 Å². The quantitative estimate of drug-likeness (QED) is 0.0533. The van der Waals surface area contributed by atoms with Crippen LogP contribution in [0, 0.1) is 17.8 Å². The van der Waals surface area contributed by atoms with Crippen LogP contribution >= 0.6 is 0 Å². The number of fused-ring (bicyclic) bond motifs is 1. The number of allylic oxidation sites excluding steroid dienone is 1. The van der Waals surface area contributed by atoms with E-state index < -0.39 is 129 Å². The summed E-state index contributed by atoms with van der Waals surface area (Å²) in [5.74, 6) is -1.55. The molecule has 22 atom stereocenters. The Bertz CT molecular complexity index is 1290. The van der Waals surface area contributed by atoms with Gasteiger partial charge in [0.1, 0.15) is 61.5 Å². The van der Waals surface area contributed by atoms with Crippen LogP contribution in [0.1, 0.15) is 57.8 Å². The molecule has 322 valence electrons. The Kier molecular flexibility index (Phi) is 15.2. The molecule has 0 radical (unpaired) electrons. The van der Waals surface area contributed by atoms with E-state index in [1.54, 1.807) is 6.08 Å². The number of rotatable bonds is 11. The molecule has 0 spiro atoms. The highest BCUT2D eigenvalue weighted by molar-refractivity contribution is 5.81. The summed E-state index contributed by atoms with van der Waals surface area (Å²) in [5.41, 5.74) is 0. The minimum atomic E-state index is -1.73. The Hall–Kier alpha value is -1.47. The zero-order valence-electron chi connectivity index (χ0n) is 31.4. The first-order valence-electron chi connectivity index (χ1n) is 19.8. The third kappa shape index (κ3) is 9.93. The number of hydrogen-bond acceptors (Lipinski definition) is 18. The second kappa shape index (κ2) is 19.3. The maximum Gasteiger partial charge on any atom is 0.330 e. The molecule has 3 saturated heterocycles. The SMILES string of the molecule is COC1CC(C2[OH+]C3CC(O)CC(O)C3CC2O[C@@H]2O[C@H](COC(=O)C=CC3CCC(O)C(O[C@@H]4O[C@H](CO)[C@@H](O)[C@H](O)[C@H]4O)C3)[C@@H](O)[C@H](O)[C@H]2O)CCC1O. The highest BCUT2D eigenvalue weighted by Gasteiger charge is 2.55. The van der Waals surface area contributed by atoms with Crippen molar-refractivity contribution < 1.29 is 94.1 Å². The molecule has 12 N–H and O–H groups in total. The molecule has 3 aliphatic heterocycles. The predicted molar refractivity (Wildman–Crippen MR) is 187 cm³/mol. The number of esters is 1. The third-order valence-electron chi connectivity index (χ3n) is 12.7. The van der Waals surface area contributed by atoms with Gasteiger partial charge in [0.05, 0.1) is 49.1 Å². The van der Waals surface area contributed by atoms with E-state index in [1.165, 1.54) is 7.11 Å². The first kappa shape index (κ1) is 44.1. The lowest BCUT2D eigenvalue weighted by atomic mass is 9.72. The van der Waals surface area contributed by atoms with Crippen molar-refractivity contribution in [2.45, 2.75) is 174 Å². The van der Waals surface area contributed by atoms with E-state index in [4.69, 9.17) is 33.2 Å². The molecule has 0 aromatic carbocycles. The van der Waals surface area contributed by atoms with E-state index in [-0.39, 0.29) is 43.1 Å². The molecule has 12 unspecified atom stereocenters. The van der Waals surface area contributed by atoms with E-state index in [0.29, 0.717) is 38.5 Å². The minimum absolute atomic E-state index is 0.104. The van der Waals surface area contributed by atoms with E-state index in [1.807, 2.05) is 0 Å². The average molecular weight is 810 g/mol. The van der Waals surface area contributed by atoms with Crippen molar-refractivity contribution in [2.24, 2.45) is 17.8 Å². The van der Waals surface area contributed by atoms with Crippen molar-refractivity contribution in [1.29, 1.82) is 0 Å². The van der Waals surface area contributed by atoms with Crippen molar-refractivity contribution in [3.63, 3.8) is 0 Å². The number of methoxy groups -OCH3 is 1. The zero-order valence-corrected chi connectivity index (χ0v) is 31.4. The summed E-state index contributed by atoms with van der Waals surface area (Å²) in [6, 6.07) is 0. The number of carbonyl (C=O) groups excluding carboxylic acids is 1. The molecule has 56 heavy (non-hydrogen) atoms. The van der Waals surface area contributed by atoms with Gasteiger partial charge in [-0.3, -0.25) is 0 Å². The minimum Gasteiger partial charge on any atom is -0.460 e. The van der Waals surface area contributed by atoms with Gasteiger partial charge in [0.15, 0.2) is 24.8 Å². The van der Waals surface area contributed by atoms with Crippen LogP contribution in [0.5, 0.6) is 0 Å². The normalized spacial score (nSPS) is 50.4. The van der Waals surface area contributed by atoms with E-state index in [0.717, 1.165) is 6.08 Å². The van der Waals surface area contributed by atoms with Gasteiger partial charge in [-0.25, -0.2) is 4.79 Å². The van der Waals surface area contributed by atoms with E-state index in [9.17, 15) is 61.0 Å². The second-order valence-electron chi connectivity index (χ2n) is 16.4. The van der Waals surface area contributed by atoms with Crippen LogP contribution in [-0.4, -0.2) is 204 Å². The molecule has 19 nitrogen and oxygen atoms in total. The standard InChI is InChI=1S/C37H60O19/c1-50-23-9-16(4-6-19(23)40)35-25(12-18-21(42)10-17(39)11-22(18)52-35)54-37-34(49)32(47)30(45)27(56-37)14-51-28(43)7-3-15-2-5-20(41)24(8-15)53-36-33(48)31(46)29(44)26(13-38)55-36/h3,7,15-27,29-42,44-49H,2,4-6,8-14H2,1H3/p+1/t15?,16?,17?,18?,19?,20?,21?,22?,23?,24?,25?,26-,27-,29-,30-,31+,32+,33-,34-,35?,36-,37-/m1/s1. The lowest BCUT2D eigenvalue weighted by molar-refractivity contribution is -0.356. The molecular formula is C37H61O19+. The highest BCUT2D eigenvalue weighted by atomic mass is 16.7. The summed E-state index contributed by atoms with van der Waals surface area (Å²) in [5, 5.41) is 115. The molecule has 0 aromatic rings. The zero-order chi connectivity index (χ0) is 40.4. The van der Waals surface area contributed by atoms with Crippen LogP contribution in [-0.2, 0) is 33.2 Å². The predicted octanol–water partition coefficient (Wildman–Crippen LogP) is -4.40. The van der Waals surface area contributed by atoms with Gasteiger partial charge in [-0.1, -0.05) is 6.08 Å². The van der Waals surface area contributed by atoms with Gasteiger partial charge in [-0.05, 0) is 50.9 Å². The van der Waals surface area contributed by atoms with Crippen molar-refractivity contribution in [1.82, 2.24) is 0 Å². The van der Waals surface area contributed by atoms with Gasteiger partial charge in [-0.15, -0.1) is 0 Å². The summed E-state index contributed by atoms with van der Waals surface area (Å²) < 4.78 is 39.4.